The summed E-state index contributed by atoms with van der Waals surface area (Å²) in [6.07, 6.45) is 6.87. The molecule has 1 heterocycles. The lowest BCUT2D eigenvalue weighted by Crippen LogP contribution is -1.96. The zero-order chi connectivity index (χ0) is 11.0. The van der Waals surface area contributed by atoms with Crippen molar-refractivity contribution >= 4 is 22.6 Å². The SMILES string of the molecule is Clc1cnc2c(C3CCCC3)cccc2n1. The summed E-state index contributed by atoms with van der Waals surface area (Å²) in [7, 11) is 0. The van der Waals surface area contributed by atoms with Gasteiger partial charge in [0.05, 0.1) is 17.2 Å². The highest BCUT2D eigenvalue weighted by Crippen LogP contribution is 2.36. The van der Waals surface area contributed by atoms with Gasteiger partial charge in [0.25, 0.3) is 0 Å². The van der Waals surface area contributed by atoms with E-state index in [4.69, 9.17) is 11.6 Å². The minimum absolute atomic E-state index is 0.469. The summed E-state index contributed by atoms with van der Waals surface area (Å²) < 4.78 is 0. The first-order valence-corrected chi connectivity index (χ1v) is 6.13. The summed E-state index contributed by atoms with van der Waals surface area (Å²) >= 11 is 5.86. The third-order valence-electron chi connectivity index (χ3n) is 3.37. The van der Waals surface area contributed by atoms with E-state index >= 15 is 0 Å². The van der Waals surface area contributed by atoms with Crippen molar-refractivity contribution in [3.63, 3.8) is 0 Å². The van der Waals surface area contributed by atoms with E-state index in [0.717, 1.165) is 11.0 Å². The van der Waals surface area contributed by atoms with Crippen LogP contribution in [-0.2, 0) is 0 Å². The highest BCUT2D eigenvalue weighted by molar-refractivity contribution is 6.29. The lowest BCUT2D eigenvalue weighted by atomic mass is 9.96. The maximum atomic E-state index is 5.86. The van der Waals surface area contributed by atoms with E-state index in [1.165, 1.54) is 31.2 Å². The third-order valence-corrected chi connectivity index (χ3v) is 3.55. The van der Waals surface area contributed by atoms with E-state index in [2.05, 4.69) is 22.1 Å². The van der Waals surface area contributed by atoms with Crippen molar-refractivity contribution in [2.24, 2.45) is 0 Å². The summed E-state index contributed by atoms with van der Waals surface area (Å²) in [6, 6.07) is 6.22. The molecular formula is C13H13ClN2. The Morgan fingerprint density at radius 1 is 1.19 bits per heavy atom. The smallest absolute Gasteiger partial charge is 0.148 e. The van der Waals surface area contributed by atoms with Crippen LogP contribution in [0, 0.1) is 0 Å². The molecule has 0 N–H and O–H groups in total. The molecule has 1 aliphatic rings. The fourth-order valence-electron chi connectivity index (χ4n) is 2.61. The zero-order valence-corrected chi connectivity index (χ0v) is 9.74. The topological polar surface area (TPSA) is 25.8 Å². The Morgan fingerprint density at radius 3 is 2.81 bits per heavy atom. The molecule has 0 atom stereocenters. The molecule has 3 heteroatoms. The molecule has 0 unspecified atom stereocenters. The molecule has 0 bridgehead atoms. The number of aromatic nitrogens is 2. The number of fused-ring (bicyclic) bond motifs is 1. The highest BCUT2D eigenvalue weighted by atomic mass is 35.5. The van der Waals surface area contributed by atoms with Crippen LogP contribution in [0.1, 0.15) is 37.2 Å². The third kappa shape index (κ3) is 1.67. The van der Waals surface area contributed by atoms with Gasteiger partial charge in [-0.1, -0.05) is 36.6 Å². The predicted molar refractivity (Wildman–Crippen MR) is 65.8 cm³/mol. The van der Waals surface area contributed by atoms with E-state index in [-0.39, 0.29) is 0 Å². The van der Waals surface area contributed by atoms with E-state index in [1.54, 1.807) is 6.20 Å². The van der Waals surface area contributed by atoms with Crippen LogP contribution in [0.4, 0.5) is 0 Å². The summed E-state index contributed by atoms with van der Waals surface area (Å²) in [5, 5.41) is 0.469. The van der Waals surface area contributed by atoms with Crippen molar-refractivity contribution in [1.29, 1.82) is 0 Å². The standard InChI is InChI=1S/C13H13ClN2/c14-12-8-15-13-10(9-4-1-2-5-9)6-3-7-11(13)16-12/h3,6-9H,1-2,4-5H2. The van der Waals surface area contributed by atoms with Gasteiger partial charge in [0.15, 0.2) is 0 Å². The lowest BCUT2D eigenvalue weighted by Gasteiger charge is -2.11. The first kappa shape index (κ1) is 10.0. The van der Waals surface area contributed by atoms with Gasteiger partial charge in [0, 0.05) is 0 Å². The molecule has 0 spiro atoms. The van der Waals surface area contributed by atoms with E-state index in [1.807, 2.05) is 6.07 Å². The van der Waals surface area contributed by atoms with Crippen molar-refractivity contribution in [2.75, 3.05) is 0 Å². The quantitative estimate of drug-likeness (QED) is 0.744. The molecular weight excluding hydrogens is 220 g/mol. The van der Waals surface area contributed by atoms with Crippen molar-refractivity contribution in [1.82, 2.24) is 9.97 Å². The largest absolute Gasteiger partial charge is 0.251 e. The lowest BCUT2D eigenvalue weighted by molar-refractivity contribution is 0.727. The molecule has 82 valence electrons. The van der Waals surface area contributed by atoms with Gasteiger partial charge < -0.3 is 0 Å². The van der Waals surface area contributed by atoms with Gasteiger partial charge in [-0.2, -0.15) is 0 Å². The van der Waals surface area contributed by atoms with E-state index in [9.17, 15) is 0 Å². The fraction of sp³-hybridized carbons (Fsp3) is 0.385. The van der Waals surface area contributed by atoms with Crippen LogP contribution >= 0.6 is 11.6 Å². The van der Waals surface area contributed by atoms with Crippen LogP contribution in [0.3, 0.4) is 0 Å². The number of nitrogens with zero attached hydrogens (tertiary/aromatic N) is 2. The Labute approximate surface area is 99.7 Å². The van der Waals surface area contributed by atoms with E-state index in [0.29, 0.717) is 11.1 Å². The van der Waals surface area contributed by atoms with Crippen molar-refractivity contribution in [2.45, 2.75) is 31.6 Å². The highest BCUT2D eigenvalue weighted by Gasteiger charge is 2.19. The number of halogens is 1. The molecule has 1 aromatic heterocycles. The Bertz CT molecular complexity index is 518. The number of hydrogen-bond donors (Lipinski definition) is 0. The molecule has 1 aliphatic carbocycles. The molecule has 2 nitrogen and oxygen atoms in total. The van der Waals surface area contributed by atoms with Crippen molar-refractivity contribution < 1.29 is 0 Å². The van der Waals surface area contributed by atoms with Crippen molar-refractivity contribution in [3.05, 3.63) is 35.1 Å². The summed E-state index contributed by atoms with van der Waals surface area (Å²) in [5.74, 6) is 0.666. The van der Waals surface area contributed by atoms with Crippen molar-refractivity contribution in [3.8, 4) is 0 Å². The normalized spacial score (nSPS) is 17.1. The summed E-state index contributed by atoms with van der Waals surface area (Å²) in [4.78, 5) is 8.74. The Kier molecular flexibility index (Phi) is 2.52. The monoisotopic (exact) mass is 232 g/mol. The Hall–Kier alpha value is -1.15. The second-order valence-electron chi connectivity index (χ2n) is 4.39. The van der Waals surface area contributed by atoms with Crippen LogP contribution < -0.4 is 0 Å². The maximum absolute atomic E-state index is 5.86. The van der Waals surface area contributed by atoms with Gasteiger partial charge >= 0.3 is 0 Å². The van der Waals surface area contributed by atoms with Crippen LogP contribution in [0.25, 0.3) is 11.0 Å². The predicted octanol–water partition coefficient (Wildman–Crippen LogP) is 3.94. The van der Waals surface area contributed by atoms with Crippen LogP contribution in [0.5, 0.6) is 0 Å². The first-order chi connectivity index (χ1) is 7.84. The molecule has 2 aromatic rings. The van der Waals surface area contributed by atoms with Gasteiger partial charge in [-0.25, -0.2) is 4.98 Å². The zero-order valence-electron chi connectivity index (χ0n) is 8.99. The van der Waals surface area contributed by atoms with E-state index < -0.39 is 0 Å². The molecule has 0 saturated heterocycles. The summed E-state index contributed by atoms with van der Waals surface area (Å²) in [5.41, 5.74) is 3.29. The second kappa shape index (κ2) is 4.02. The molecule has 16 heavy (non-hydrogen) atoms. The minimum Gasteiger partial charge on any atom is -0.251 e. The molecule has 3 rings (SSSR count). The molecule has 1 saturated carbocycles. The van der Waals surface area contributed by atoms with Crippen LogP contribution in [-0.4, -0.2) is 9.97 Å². The molecule has 1 aromatic carbocycles. The van der Waals surface area contributed by atoms with Gasteiger partial charge in [0.2, 0.25) is 0 Å². The fourth-order valence-corrected chi connectivity index (χ4v) is 2.75. The average Bonchev–Trinajstić information content (AvgIpc) is 2.81. The van der Waals surface area contributed by atoms with Crippen LogP contribution in [0.2, 0.25) is 5.15 Å². The number of hydrogen-bond acceptors (Lipinski definition) is 2. The number of rotatable bonds is 1. The molecule has 0 radical (unpaired) electrons. The Morgan fingerprint density at radius 2 is 2.00 bits per heavy atom. The second-order valence-corrected chi connectivity index (χ2v) is 4.78. The molecule has 0 aliphatic heterocycles. The summed E-state index contributed by atoms with van der Waals surface area (Å²) in [6.45, 7) is 0. The maximum Gasteiger partial charge on any atom is 0.148 e. The number of para-hydroxylation sites is 1. The Balaban J connectivity index is 2.16. The van der Waals surface area contributed by atoms with Gasteiger partial charge in [-0.15, -0.1) is 0 Å². The minimum atomic E-state index is 0.469. The molecule has 1 fully saturated rings. The van der Waals surface area contributed by atoms with Gasteiger partial charge in [-0.3, -0.25) is 4.98 Å². The van der Waals surface area contributed by atoms with Gasteiger partial charge in [-0.05, 0) is 30.4 Å². The van der Waals surface area contributed by atoms with Crippen LogP contribution in [0.15, 0.2) is 24.4 Å². The van der Waals surface area contributed by atoms with Gasteiger partial charge in [0.1, 0.15) is 5.15 Å². The average molecular weight is 233 g/mol. The first-order valence-electron chi connectivity index (χ1n) is 5.76. The molecule has 0 amide bonds. The number of benzene rings is 1.